The van der Waals surface area contributed by atoms with E-state index in [0.29, 0.717) is 5.56 Å². The molecule has 0 N–H and O–H groups in total. The molecule has 0 bridgehead atoms. The van der Waals surface area contributed by atoms with Gasteiger partial charge in [-0.15, -0.1) is 0 Å². The zero-order valence-corrected chi connectivity index (χ0v) is 13.0. The highest BCUT2D eigenvalue weighted by Crippen LogP contribution is 2.27. The van der Waals surface area contributed by atoms with Gasteiger partial charge in [0.05, 0.1) is 5.56 Å². The number of halogens is 1. The third-order valence-electron chi connectivity index (χ3n) is 3.04. The van der Waals surface area contributed by atoms with Crippen LogP contribution in [0.4, 0.5) is 0 Å². The number of nitriles is 1. The molecule has 102 valence electrons. The van der Waals surface area contributed by atoms with Crippen molar-refractivity contribution >= 4 is 15.9 Å². The van der Waals surface area contributed by atoms with Crippen LogP contribution >= 0.6 is 15.9 Å². The third-order valence-corrected chi connectivity index (χ3v) is 3.70. The molecule has 0 radical (unpaired) electrons. The van der Waals surface area contributed by atoms with Crippen LogP contribution in [0.1, 0.15) is 30.9 Å². The lowest BCUT2D eigenvalue weighted by atomic mass is 10.1. The van der Waals surface area contributed by atoms with Crippen LogP contribution in [0.15, 0.2) is 46.9 Å². The summed E-state index contributed by atoms with van der Waals surface area (Å²) < 4.78 is 6.53. The van der Waals surface area contributed by atoms with Crippen molar-refractivity contribution in [1.82, 2.24) is 0 Å². The van der Waals surface area contributed by atoms with Gasteiger partial charge in [-0.05, 0) is 64.7 Å². The van der Waals surface area contributed by atoms with Crippen molar-refractivity contribution in [2.45, 2.75) is 26.2 Å². The summed E-state index contributed by atoms with van der Waals surface area (Å²) in [6, 6.07) is 15.6. The average molecular weight is 330 g/mol. The van der Waals surface area contributed by atoms with Crippen molar-refractivity contribution in [3.8, 4) is 17.6 Å². The third kappa shape index (κ3) is 3.85. The van der Waals surface area contributed by atoms with Gasteiger partial charge in [0.15, 0.2) is 0 Å². The predicted molar refractivity (Wildman–Crippen MR) is 84.0 cm³/mol. The topological polar surface area (TPSA) is 33.0 Å². The lowest BCUT2D eigenvalue weighted by Gasteiger charge is -2.07. The van der Waals surface area contributed by atoms with Crippen molar-refractivity contribution in [1.29, 1.82) is 5.26 Å². The second-order valence-corrected chi connectivity index (χ2v) is 5.46. The number of nitrogens with zero attached hydrogens (tertiary/aromatic N) is 1. The van der Waals surface area contributed by atoms with Gasteiger partial charge in [0, 0.05) is 4.47 Å². The highest BCUT2D eigenvalue weighted by Gasteiger charge is 2.03. The minimum atomic E-state index is 0.604. The van der Waals surface area contributed by atoms with E-state index < -0.39 is 0 Å². The second kappa shape index (κ2) is 7.12. The Bertz CT molecular complexity index is 614. The molecule has 0 saturated carbocycles. The van der Waals surface area contributed by atoms with Crippen LogP contribution < -0.4 is 4.74 Å². The maximum Gasteiger partial charge on any atom is 0.128 e. The Kier molecular flexibility index (Phi) is 5.20. The van der Waals surface area contributed by atoms with Gasteiger partial charge in [-0.2, -0.15) is 5.26 Å². The highest BCUT2D eigenvalue weighted by atomic mass is 79.9. The second-order valence-electron chi connectivity index (χ2n) is 4.60. The van der Waals surface area contributed by atoms with Gasteiger partial charge in [-0.25, -0.2) is 0 Å². The van der Waals surface area contributed by atoms with E-state index in [1.807, 2.05) is 18.2 Å². The number of ether oxygens (including phenoxy) is 1. The Hall–Kier alpha value is -1.79. The van der Waals surface area contributed by atoms with Crippen LogP contribution in [-0.4, -0.2) is 0 Å². The van der Waals surface area contributed by atoms with Crippen molar-refractivity contribution in [3.05, 3.63) is 58.1 Å². The molecule has 3 heteroatoms. The molecule has 2 nitrogen and oxygen atoms in total. The maximum absolute atomic E-state index is 8.88. The molecule has 0 atom stereocenters. The van der Waals surface area contributed by atoms with E-state index in [2.05, 4.69) is 41.1 Å². The van der Waals surface area contributed by atoms with Gasteiger partial charge in [0.25, 0.3) is 0 Å². The zero-order valence-electron chi connectivity index (χ0n) is 11.4. The lowest BCUT2D eigenvalue weighted by Crippen LogP contribution is -1.88. The maximum atomic E-state index is 8.88. The summed E-state index contributed by atoms with van der Waals surface area (Å²) in [6.07, 6.45) is 3.53. The molecule has 0 aromatic heterocycles. The summed E-state index contributed by atoms with van der Waals surface area (Å²) in [6.45, 7) is 2.19. The predicted octanol–water partition coefficient (Wildman–Crippen LogP) is 5.46. The van der Waals surface area contributed by atoms with Crippen molar-refractivity contribution in [3.63, 3.8) is 0 Å². The highest BCUT2D eigenvalue weighted by molar-refractivity contribution is 9.10. The smallest absolute Gasteiger partial charge is 0.128 e. The normalized spacial score (nSPS) is 10.1. The van der Waals surface area contributed by atoms with E-state index in [4.69, 9.17) is 10.00 Å². The fraction of sp³-hybridized carbons (Fsp3) is 0.235. The standard InChI is InChI=1S/C17H16BrNO/c1-2-3-4-13-5-8-15(9-6-13)20-16-10-7-14(12-19)17(18)11-16/h5-11H,2-4H2,1H3. The summed E-state index contributed by atoms with van der Waals surface area (Å²) in [7, 11) is 0. The van der Waals surface area contributed by atoms with Crippen LogP contribution in [-0.2, 0) is 6.42 Å². The van der Waals surface area contributed by atoms with Gasteiger partial charge in [-0.3, -0.25) is 0 Å². The number of hydrogen-bond acceptors (Lipinski definition) is 2. The molecule has 0 aliphatic heterocycles. The molecular weight excluding hydrogens is 314 g/mol. The summed E-state index contributed by atoms with van der Waals surface area (Å²) in [4.78, 5) is 0. The quantitative estimate of drug-likeness (QED) is 0.730. The molecule has 2 rings (SSSR count). The van der Waals surface area contributed by atoms with Gasteiger partial charge in [0.1, 0.15) is 17.6 Å². The number of aryl methyl sites for hydroxylation is 1. The Morgan fingerprint density at radius 1 is 1.10 bits per heavy atom. The van der Waals surface area contributed by atoms with E-state index in [1.54, 1.807) is 12.1 Å². The molecule has 2 aromatic carbocycles. The van der Waals surface area contributed by atoms with Gasteiger partial charge >= 0.3 is 0 Å². The molecule has 20 heavy (non-hydrogen) atoms. The number of benzene rings is 2. The average Bonchev–Trinajstić information content (AvgIpc) is 2.47. The van der Waals surface area contributed by atoms with Gasteiger partial charge < -0.3 is 4.74 Å². The summed E-state index contributed by atoms with van der Waals surface area (Å²) >= 11 is 3.36. The fourth-order valence-electron chi connectivity index (χ4n) is 1.89. The molecule has 2 aromatic rings. The molecule has 0 unspecified atom stereocenters. The first-order valence-corrected chi connectivity index (χ1v) is 7.48. The first-order valence-electron chi connectivity index (χ1n) is 6.69. The lowest BCUT2D eigenvalue weighted by molar-refractivity contribution is 0.482. The van der Waals surface area contributed by atoms with Crippen LogP contribution in [0.5, 0.6) is 11.5 Å². The molecule has 0 fully saturated rings. The molecular formula is C17H16BrNO. The molecule has 0 heterocycles. The summed E-state index contributed by atoms with van der Waals surface area (Å²) in [5, 5.41) is 8.88. The first-order chi connectivity index (χ1) is 9.72. The van der Waals surface area contributed by atoms with Crippen LogP contribution in [0.25, 0.3) is 0 Å². The van der Waals surface area contributed by atoms with Crippen LogP contribution in [0, 0.1) is 11.3 Å². The number of rotatable bonds is 5. The first kappa shape index (κ1) is 14.6. The molecule has 0 aliphatic carbocycles. The van der Waals surface area contributed by atoms with Crippen molar-refractivity contribution in [2.75, 3.05) is 0 Å². The number of hydrogen-bond donors (Lipinski definition) is 0. The summed E-state index contributed by atoms with van der Waals surface area (Å²) in [5.41, 5.74) is 1.94. The Balaban J connectivity index is 2.06. The van der Waals surface area contributed by atoms with E-state index >= 15 is 0 Å². The number of unbranched alkanes of at least 4 members (excludes halogenated alkanes) is 1. The van der Waals surface area contributed by atoms with E-state index in [0.717, 1.165) is 22.4 Å². The van der Waals surface area contributed by atoms with Crippen LogP contribution in [0.3, 0.4) is 0 Å². The van der Waals surface area contributed by atoms with E-state index in [1.165, 1.54) is 18.4 Å². The van der Waals surface area contributed by atoms with E-state index in [-0.39, 0.29) is 0 Å². The Morgan fingerprint density at radius 2 is 1.80 bits per heavy atom. The van der Waals surface area contributed by atoms with Crippen molar-refractivity contribution < 1.29 is 4.74 Å². The molecule has 0 spiro atoms. The summed E-state index contributed by atoms with van der Waals surface area (Å²) in [5.74, 6) is 1.53. The fourth-order valence-corrected chi connectivity index (χ4v) is 2.34. The monoisotopic (exact) mass is 329 g/mol. The Labute approximate surface area is 128 Å². The minimum absolute atomic E-state index is 0.604. The largest absolute Gasteiger partial charge is 0.457 e. The van der Waals surface area contributed by atoms with Gasteiger partial charge in [-0.1, -0.05) is 25.5 Å². The van der Waals surface area contributed by atoms with Gasteiger partial charge in [0.2, 0.25) is 0 Å². The Morgan fingerprint density at radius 3 is 2.40 bits per heavy atom. The SMILES string of the molecule is CCCCc1ccc(Oc2ccc(C#N)c(Br)c2)cc1. The molecule has 0 amide bonds. The molecule has 0 saturated heterocycles. The molecule has 0 aliphatic rings. The van der Waals surface area contributed by atoms with Crippen LogP contribution in [0.2, 0.25) is 0 Å². The minimum Gasteiger partial charge on any atom is -0.457 e. The zero-order chi connectivity index (χ0) is 14.4. The van der Waals surface area contributed by atoms with Crippen molar-refractivity contribution in [2.24, 2.45) is 0 Å². The van der Waals surface area contributed by atoms with E-state index in [9.17, 15) is 0 Å².